The van der Waals surface area contributed by atoms with Crippen molar-refractivity contribution in [2.45, 2.75) is 6.61 Å². The number of hydrazine groups is 1. The summed E-state index contributed by atoms with van der Waals surface area (Å²) in [5.41, 5.74) is 3.14. The van der Waals surface area contributed by atoms with Crippen LogP contribution in [-0.2, 0) is 6.61 Å². The van der Waals surface area contributed by atoms with Crippen LogP contribution in [-0.4, -0.2) is 9.97 Å². The smallest absolute Gasteiger partial charge is 0.318 e. The van der Waals surface area contributed by atoms with Crippen molar-refractivity contribution in [3.8, 4) is 6.01 Å². The molecule has 0 aliphatic carbocycles. The fourth-order valence-electron chi connectivity index (χ4n) is 1.04. The summed E-state index contributed by atoms with van der Waals surface area (Å²) in [7, 11) is 0. The summed E-state index contributed by atoms with van der Waals surface area (Å²) in [6, 6.07) is 2.01. The summed E-state index contributed by atoms with van der Waals surface area (Å²) >= 11 is 1.57. The first kappa shape index (κ1) is 10.8. The van der Waals surface area contributed by atoms with Gasteiger partial charge in [-0.3, -0.25) is 0 Å². The van der Waals surface area contributed by atoms with Gasteiger partial charge in [0, 0.05) is 5.56 Å². The Morgan fingerprint density at radius 1 is 1.56 bits per heavy atom. The van der Waals surface area contributed by atoms with E-state index in [0.717, 1.165) is 11.8 Å². The van der Waals surface area contributed by atoms with Crippen LogP contribution >= 0.6 is 11.3 Å². The van der Waals surface area contributed by atoms with Crippen molar-refractivity contribution in [1.82, 2.24) is 9.97 Å². The SMILES string of the molecule is NNc1nc(OCc2ccsc2)ncc1F. The lowest BCUT2D eigenvalue weighted by molar-refractivity contribution is 0.280. The standard InChI is InChI=1S/C9H9FN4OS/c10-7-3-12-9(13-8(7)14-11)15-4-6-1-2-16-5-6/h1-3,5H,4,11H2,(H,12,13,14). The molecular formula is C9H9FN4OS. The lowest BCUT2D eigenvalue weighted by Gasteiger charge is -2.05. The van der Waals surface area contributed by atoms with E-state index in [4.69, 9.17) is 10.6 Å². The Morgan fingerprint density at radius 2 is 2.44 bits per heavy atom. The second-order valence-corrected chi connectivity index (χ2v) is 3.69. The zero-order chi connectivity index (χ0) is 11.4. The molecule has 0 spiro atoms. The summed E-state index contributed by atoms with van der Waals surface area (Å²) < 4.78 is 18.2. The number of aromatic nitrogens is 2. The van der Waals surface area contributed by atoms with Gasteiger partial charge in [0.2, 0.25) is 0 Å². The fourth-order valence-corrected chi connectivity index (χ4v) is 1.70. The Bertz CT molecular complexity index is 463. The summed E-state index contributed by atoms with van der Waals surface area (Å²) in [5, 5.41) is 3.89. The Morgan fingerprint density at radius 3 is 3.12 bits per heavy atom. The van der Waals surface area contributed by atoms with Gasteiger partial charge in [-0.2, -0.15) is 16.3 Å². The Kier molecular flexibility index (Phi) is 3.28. The first-order valence-corrected chi connectivity index (χ1v) is 5.37. The number of nitrogens with zero attached hydrogens (tertiary/aromatic N) is 2. The third-order valence-corrected chi connectivity index (χ3v) is 2.54. The van der Waals surface area contributed by atoms with Crippen molar-refractivity contribution in [1.29, 1.82) is 0 Å². The predicted molar refractivity (Wildman–Crippen MR) is 58.5 cm³/mol. The molecule has 2 aromatic heterocycles. The van der Waals surface area contributed by atoms with E-state index >= 15 is 0 Å². The topological polar surface area (TPSA) is 73.1 Å². The van der Waals surface area contributed by atoms with Gasteiger partial charge in [0.1, 0.15) is 6.61 Å². The van der Waals surface area contributed by atoms with Crippen molar-refractivity contribution in [2.24, 2.45) is 5.84 Å². The highest BCUT2D eigenvalue weighted by atomic mass is 32.1. The first-order chi connectivity index (χ1) is 7.79. The van der Waals surface area contributed by atoms with Crippen LogP contribution in [0, 0.1) is 5.82 Å². The lowest BCUT2D eigenvalue weighted by atomic mass is 10.4. The molecule has 2 rings (SSSR count). The van der Waals surface area contributed by atoms with E-state index in [0.29, 0.717) is 6.61 Å². The number of thiophene rings is 1. The van der Waals surface area contributed by atoms with Crippen LogP contribution in [0.1, 0.15) is 5.56 Å². The van der Waals surface area contributed by atoms with Crippen LogP contribution in [0.25, 0.3) is 0 Å². The molecule has 16 heavy (non-hydrogen) atoms. The maximum Gasteiger partial charge on any atom is 0.318 e. The van der Waals surface area contributed by atoms with Crippen molar-refractivity contribution in [3.63, 3.8) is 0 Å². The minimum Gasteiger partial charge on any atom is -0.459 e. The molecule has 0 saturated carbocycles. The van der Waals surface area contributed by atoms with E-state index in [1.807, 2.05) is 16.8 Å². The molecule has 7 heteroatoms. The number of nitrogen functional groups attached to an aromatic ring is 1. The van der Waals surface area contributed by atoms with Gasteiger partial charge >= 0.3 is 6.01 Å². The van der Waals surface area contributed by atoms with Crippen molar-refractivity contribution >= 4 is 17.2 Å². The zero-order valence-electron chi connectivity index (χ0n) is 8.18. The Hall–Kier alpha value is -1.73. The molecule has 84 valence electrons. The third kappa shape index (κ3) is 2.44. The summed E-state index contributed by atoms with van der Waals surface area (Å²) in [4.78, 5) is 7.44. The highest BCUT2D eigenvalue weighted by Gasteiger charge is 2.06. The highest BCUT2D eigenvalue weighted by Crippen LogP contribution is 2.14. The van der Waals surface area contributed by atoms with E-state index < -0.39 is 5.82 Å². The summed E-state index contributed by atoms with van der Waals surface area (Å²) in [6.45, 7) is 0.346. The van der Waals surface area contributed by atoms with Crippen LogP contribution in [0.3, 0.4) is 0 Å². The fraction of sp³-hybridized carbons (Fsp3) is 0.111. The molecule has 0 unspecified atom stereocenters. The van der Waals surface area contributed by atoms with E-state index in [1.165, 1.54) is 0 Å². The van der Waals surface area contributed by atoms with Gasteiger partial charge in [-0.05, 0) is 16.8 Å². The molecule has 0 amide bonds. The lowest BCUT2D eigenvalue weighted by Crippen LogP contribution is -2.12. The molecule has 2 aromatic rings. The van der Waals surface area contributed by atoms with Gasteiger partial charge in [-0.1, -0.05) is 0 Å². The summed E-state index contributed by atoms with van der Waals surface area (Å²) in [5.74, 6) is 4.37. The summed E-state index contributed by atoms with van der Waals surface area (Å²) in [6.07, 6.45) is 1.01. The minimum atomic E-state index is -0.620. The van der Waals surface area contributed by atoms with Crippen LogP contribution in [0.5, 0.6) is 6.01 Å². The monoisotopic (exact) mass is 240 g/mol. The number of hydrogen-bond donors (Lipinski definition) is 2. The third-order valence-electron chi connectivity index (χ3n) is 1.81. The van der Waals surface area contributed by atoms with Crippen molar-refractivity contribution in [3.05, 3.63) is 34.4 Å². The van der Waals surface area contributed by atoms with Crippen LogP contribution in [0.4, 0.5) is 10.2 Å². The number of hydrogen-bond acceptors (Lipinski definition) is 6. The van der Waals surface area contributed by atoms with E-state index in [1.54, 1.807) is 11.3 Å². The molecule has 5 nitrogen and oxygen atoms in total. The van der Waals surface area contributed by atoms with Crippen molar-refractivity contribution in [2.75, 3.05) is 5.43 Å². The Labute approximate surface area is 95.1 Å². The van der Waals surface area contributed by atoms with Gasteiger partial charge in [0.05, 0.1) is 6.20 Å². The number of nitrogens with one attached hydrogen (secondary N) is 1. The minimum absolute atomic E-state index is 0.0838. The number of rotatable bonds is 4. The predicted octanol–water partition coefficient (Wildman–Crippen LogP) is 1.54. The molecule has 3 N–H and O–H groups in total. The van der Waals surface area contributed by atoms with E-state index in [9.17, 15) is 4.39 Å². The molecule has 0 bridgehead atoms. The molecule has 0 saturated heterocycles. The number of ether oxygens (including phenoxy) is 1. The molecule has 0 aliphatic rings. The highest BCUT2D eigenvalue weighted by molar-refractivity contribution is 7.07. The average Bonchev–Trinajstić information content (AvgIpc) is 2.81. The second kappa shape index (κ2) is 4.86. The molecule has 2 heterocycles. The zero-order valence-corrected chi connectivity index (χ0v) is 9.00. The Balaban J connectivity index is 2.04. The van der Waals surface area contributed by atoms with Crippen LogP contribution in [0.15, 0.2) is 23.0 Å². The molecule has 0 fully saturated rings. The van der Waals surface area contributed by atoms with Gasteiger partial charge in [-0.15, -0.1) is 0 Å². The maximum atomic E-state index is 13.0. The van der Waals surface area contributed by atoms with E-state index in [-0.39, 0.29) is 11.8 Å². The molecule has 0 atom stereocenters. The number of nitrogens with two attached hydrogens (primary N) is 1. The average molecular weight is 240 g/mol. The molecule has 0 radical (unpaired) electrons. The van der Waals surface area contributed by atoms with Crippen molar-refractivity contribution < 1.29 is 9.13 Å². The van der Waals surface area contributed by atoms with Gasteiger partial charge < -0.3 is 10.2 Å². The van der Waals surface area contributed by atoms with E-state index in [2.05, 4.69) is 15.4 Å². The normalized spacial score (nSPS) is 10.1. The largest absolute Gasteiger partial charge is 0.459 e. The molecule has 0 aliphatic heterocycles. The number of halogens is 1. The quantitative estimate of drug-likeness (QED) is 0.626. The van der Waals surface area contributed by atoms with Crippen LogP contribution < -0.4 is 16.0 Å². The maximum absolute atomic E-state index is 13.0. The number of anilines is 1. The first-order valence-electron chi connectivity index (χ1n) is 4.42. The van der Waals surface area contributed by atoms with Crippen LogP contribution in [0.2, 0.25) is 0 Å². The second-order valence-electron chi connectivity index (χ2n) is 2.91. The molecular weight excluding hydrogens is 231 g/mol. The van der Waals surface area contributed by atoms with Gasteiger partial charge in [-0.25, -0.2) is 15.2 Å². The van der Waals surface area contributed by atoms with Gasteiger partial charge in [0.15, 0.2) is 11.6 Å². The van der Waals surface area contributed by atoms with Gasteiger partial charge in [0.25, 0.3) is 0 Å². The molecule has 0 aromatic carbocycles.